The molecule has 0 bridgehead atoms. The first-order valence-corrected chi connectivity index (χ1v) is 4.77. The lowest BCUT2D eigenvalue weighted by Gasteiger charge is -2.06. The molecule has 0 aliphatic rings. The third-order valence-electron chi connectivity index (χ3n) is 1.72. The van der Waals surface area contributed by atoms with Gasteiger partial charge in [0.1, 0.15) is 11.8 Å². The lowest BCUT2D eigenvalue weighted by molar-refractivity contribution is 0.0593. The van der Waals surface area contributed by atoms with Crippen LogP contribution in [0.2, 0.25) is 0 Å². The Hall–Kier alpha value is -1.55. The fraction of sp³-hybridized carbons (Fsp3) is 0.222. The van der Waals surface area contributed by atoms with Crippen molar-refractivity contribution in [2.45, 2.75) is 6.43 Å². The first kappa shape index (κ1) is 12.5. The molecule has 1 aromatic heterocycles. The molecule has 4 nitrogen and oxygen atoms in total. The molecule has 0 atom stereocenters. The molecule has 1 rings (SSSR count). The molecule has 16 heavy (non-hydrogen) atoms. The van der Waals surface area contributed by atoms with Gasteiger partial charge in [-0.05, 0) is 22.0 Å². The van der Waals surface area contributed by atoms with Crippen LogP contribution >= 0.6 is 15.9 Å². The van der Waals surface area contributed by atoms with Gasteiger partial charge in [-0.2, -0.15) is 5.26 Å². The van der Waals surface area contributed by atoms with Gasteiger partial charge in [-0.15, -0.1) is 0 Å². The van der Waals surface area contributed by atoms with Crippen LogP contribution in [-0.4, -0.2) is 18.1 Å². The highest BCUT2D eigenvalue weighted by atomic mass is 79.9. The normalized spacial score (nSPS) is 10.0. The predicted molar refractivity (Wildman–Crippen MR) is 52.9 cm³/mol. The number of rotatable bonds is 2. The number of carbonyl (C=O) groups excluding carboxylic acids is 1. The summed E-state index contributed by atoms with van der Waals surface area (Å²) in [6.45, 7) is 0. The highest BCUT2D eigenvalue weighted by Crippen LogP contribution is 2.29. The number of nitriles is 1. The topological polar surface area (TPSA) is 63.0 Å². The molecule has 0 aliphatic carbocycles. The summed E-state index contributed by atoms with van der Waals surface area (Å²) in [5, 5.41) is 8.66. The number of hydrogen-bond acceptors (Lipinski definition) is 4. The van der Waals surface area contributed by atoms with Gasteiger partial charge >= 0.3 is 5.97 Å². The summed E-state index contributed by atoms with van der Waals surface area (Å²) >= 11 is 2.83. The van der Waals surface area contributed by atoms with E-state index < -0.39 is 18.0 Å². The minimum absolute atomic E-state index is 0.113. The van der Waals surface area contributed by atoms with Crippen molar-refractivity contribution in [2.24, 2.45) is 0 Å². The monoisotopic (exact) mass is 290 g/mol. The Balaban J connectivity index is 3.41. The SMILES string of the molecule is COC(=O)c1cc(C(F)F)c(Br)c(C#N)n1. The smallest absolute Gasteiger partial charge is 0.356 e. The number of aromatic nitrogens is 1. The molecule has 0 aromatic carbocycles. The molecule has 1 heterocycles. The molecule has 0 saturated heterocycles. The van der Waals surface area contributed by atoms with Gasteiger partial charge in [0.05, 0.1) is 11.6 Å². The lowest BCUT2D eigenvalue weighted by atomic mass is 10.2. The van der Waals surface area contributed by atoms with Crippen molar-refractivity contribution in [1.29, 1.82) is 5.26 Å². The van der Waals surface area contributed by atoms with Crippen LogP contribution in [0.3, 0.4) is 0 Å². The lowest BCUT2D eigenvalue weighted by Crippen LogP contribution is -2.07. The number of carbonyl (C=O) groups is 1. The maximum Gasteiger partial charge on any atom is 0.356 e. The fourth-order valence-corrected chi connectivity index (χ4v) is 1.46. The van der Waals surface area contributed by atoms with Gasteiger partial charge in [-0.25, -0.2) is 18.6 Å². The molecule has 0 radical (unpaired) electrons. The number of nitrogens with zero attached hydrogens (tertiary/aromatic N) is 2. The Kier molecular flexibility index (Phi) is 3.90. The molecule has 0 unspecified atom stereocenters. The molecule has 0 N–H and O–H groups in total. The third kappa shape index (κ3) is 2.33. The summed E-state index contributed by atoms with van der Waals surface area (Å²) in [7, 11) is 1.10. The molecule has 84 valence electrons. The van der Waals surface area contributed by atoms with E-state index in [2.05, 4.69) is 25.7 Å². The van der Waals surface area contributed by atoms with Crippen LogP contribution in [0.25, 0.3) is 0 Å². The summed E-state index contributed by atoms with van der Waals surface area (Å²) in [5.41, 5.74) is -1.07. The predicted octanol–water partition coefficient (Wildman–Crippen LogP) is 2.44. The second-order valence-corrected chi connectivity index (χ2v) is 3.46. The van der Waals surface area contributed by atoms with E-state index in [-0.39, 0.29) is 15.9 Å². The minimum Gasteiger partial charge on any atom is -0.464 e. The van der Waals surface area contributed by atoms with Crippen molar-refractivity contribution in [3.8, 4) is 6.07 Å². The molecule has 0 aliphatic heterocycles. The van der Waals surface area contributed by atoms with Crippen molar-refractivity contribution in [3.05, 3.63) is 27.5 Å². The van der Waals surface area contributed by atoms with Crippen LogP contribution < -0.4 is 0 Å². The Bertz CT molecular complexity index is 471. The van der Waals surface area contributed by atoms with Crippen LogP contribution in [0.5, 0.6) is 0 Å². The Morgan fingerprint density at radius 2 is 2.31 bits per heavy atom. The average molecular weight is 291 g/mol. The standard InChI is InChI=1S/C9H5BrF2N2O2/c1-16-9(15)5-2-4(8(11)12)7(10)6(3-13)14-5/h2,8H,1H3. The molecular weight excluding hydrogens is 286 g/mol. The number of pyridine rings is 1. The van der Waals surface area contributed by atoms with Gasteiger partial charge in [-0.1, -0.05) is 0 Å². The molecule has 1 aromatic rings. The van der Waals surface area contributed by atoms with Crippen molar-refractivity contribution in [3.63, 3.8) is 0 Å². The maximum absolute atomic E-state index is 12.6. The highest BCUT2D eigenvalue weighted by Gasteiger charge is 2.20. The number of alkyl halides is 2. The van der Waals surface area contributed by atoms with E-state index in [4.69, 9.17) is 5.26 Å². The number of halogens is 3. The number of esters is 1. The van der Waals surface area contributed by atoms with E-state index >= 15 is 0 Å². The zero-order chi connectivity index (χ0) is 12.3. The number of methoxy groups -OCH3 is 1. The zero-order valence-electron chi connectivity index (χ0n) is 8.00. The summed E-state index contributed by atoms with van der Waals surface area (Å²) in [6, 6.07) is 2.50. The maximum atomic E-state index is 12.6. The van der Waals surface area contributed by atoms with Crippen molar-refractivity contribution in [2.75, 3.05) is 7.11 Å². The number of ether oxygens (including phenoxy) is 1. The number of hydrogen-bond donors (Lipinski definition) is 0. The van der Waals surface area contributed by atoms with E-state index in [0.29, 0.717) is 0 Å². The summed E-state index contributed by atoms with van der Waals surface area (Å²) in [5.74, 6) is -0.870. The Morgan fingerprint density at radius 3 is 2.75 bits per heavy atom. The van der Waals surface area contributed by atoms with Crippen LogP contribution in [0.1, 0.15) is 28.2 Å². The van der Waals surface area contributed by atoms with Gasteiger partial charge in [0.15, 0.2) is 5.69 Å². The van der Waals surface area contributed by atoms with Crippen LogP contribution in [0, 0.1) is 11.3 Å². The third-order valence-corrected chi connectivity index (χ3v) is 2.55. The first-order valence-electron chi connectivity index (χ1n) is 3.98. The molecule has 0 fully saturated rings. The molecule has 7 heteroatoms. The first-order chi connectivity index (χ1) is 7.51. The van der Waals surface area contributed by atoms with Crippen molar-refractivity contribution >= 4 is 21.9 Å². The quantitative estimate of drug-likeness (QED) is 0.785. The van der Waals surface area contributed by atoms with Crippen molar-refractivity contribution in [1.82, 2.24) is 4.98 Å². The fourth-order valence-electron chi connectivity index (χ4n) is 0.991. The van der Waals surface area contributed by atoms with Gasteiger partial charge in [0, 0.05) is 5.56 Å². The van der Waals surface area contributed by atoms with Gasteiger partial charge < -0.3 is 4.74 Å². The Labute approximate surface area is 98.0 Å². The van der Waals surface area contributed by atoms with Crippen LogP contribution in [0.4, 0.5) is 8.78 Å². The Morgan fingerprint density at radius 1 is 1.69 bits per heavy atom. The second-order valence-electron chi connectivity index (χ2n) is 2.66. The molecule has 0 amide bonds. The summed E-state index contributed by atoms with van der Waals surface area (Å²) in [4.78, 5) is 14.7. The van der Waals surface area contributed by atoms with E-state index in [0.717, 1.165) is 13.2 Å². The largest absolute Gasteiger partial charge is 0.464 e. The van der Waals surface area contributed by atoms with E-state index in [9.17, 15) is 13.6 Å². The van der Waals surface area contributed by atoms with E-state index in [1.165, 1.54) is 0 Å². The second kappa shape index (κ2) is 4.99. The summed E-state index contributed by atoms with van der Waals surface area (Å²) in [6.07, 6.45) is -2.81. The molecular formula is C9H5BrF2N2O2. The summed E-state index contributed by atoms with van der Waals surface area (Å²) < 4.78 is 29.4. The van der Waals surface area contributed by atoms with E-state index in [1.54, 1.807) is 6.07 Å². The van der Waals surface area contributed by atoms with Gasteiger partial charge in [-0.3, -0.25) is 0 Å². The van der Waals surface area contributed by atoms with E-state index in [1.807, 2.05) is 0 Å². The van der Waals surface area contributed by atoms with Crippen molar-refractivity contribution < 1.29 is 18.3 Å². The van der Waals surface area contributed by atoms with Gasteiger partial charge in [0.2, 0.25) is 0 Å². The van der Waals surface area contributed by atoms with Gasteiger partial charge in [0.25, 0.3) is 6.43 Å². The van der Waals surface area contributed by atoms with Crippen LogP contribution in [-0.2, 0) is 4.74 Å². The average Bonchev–Trinajstić information content (AvgIpc) is 2.27. The van der Waals surface area contributed by atoms with Crippen LogP contribution in [0.15, 0.2) is 10.5 Å². The minimum atomic E-state index is -2.81. The molecule has 0 saturated carbocycles. The highest BCUT2D eigenvalue weighted by molar-refractivity contribution is 9.10. The molecule has 0 spiro atoms. The zero-order valence-corrected chi connectivity index (χ0v) is 9.59.